The van der Waals surface area contributed by atoms with E-state index in [-0.39, 0.29) is 16.9 Å². The smallest absolute Gasteiger partial charge is 0.280 e. The second kappa shape index (κ2) is 6.34. The van der Waals surface area contributed by atoms with E-state index < -0.39 is 0 Å². The van der Waals surface area contributed by atoms with E-state index in [1.807, 2.05) is 24.3 Å². The lowest BCUT2D eigenvalue weighted by Gasteiger charge is -2.28. The van der Waals surface area contributed by atoms with Crippen molar-refractivity contribution in [3.05, 3.63) is 47.5 Å². The highest BCUT2D eigenvalue weighted by Crippen LogP contribution is 2.29. The van der Waals surface area contributed by atoms with Crippen molar-refractivity contribution in [2.75, 3.05) is 6.54 Å². The van der Waals surface area contributed by atoms with E-state index in [1.54, 1.807) is 12.1 Å². The third kappa shape index (κ3) is 2.77. The van der Waals surface area contributed by atoms with E-state index in [9.17, 15) is 9.59 Å². The van der Waals surface area contributed by atoms with Gasteiger partial charge in [-0.25, -0.2) is 0 Å². The molecule has 0 bridgehead atoms. The third-order valence-electron chi connectivity index (χ3n) is 3.80. The molecular weight excluding hydrogens is 310 g/mol. The minimum Gasteiger partial charge on any atom is -0.361 e. The molecule has 2 N–H and O–H groups in total. The average Bonchev–Trinajstić information content (AvgIpc) is 2.56. The van der Waals surface area contributed by atoms with Gasteiger partial charge < -0.3 is 5.32 Å². The predicted octanol–water partition coefficient (Wildman–Crippen LogP) is 2.62. The van der Waals surface area contributed by atoms with Crippen LogP contribution in [0.1, 0.15) is 40.5 Å². The molecule has 2 amide bonds. The Hall–Kier alpha value is -2.47. The minimum absolute atomic E-state index is 0.270. The van der Waals surface area contributed by atoms with E-state index in [1.165, 1.54) is 0 Å². The summed E-state index contributed by atoms with van der Waals surface area (Å²) in [5.41, 5.74) is 3.72. The summed E-state index contributed by atoms with van der Waals surface area (Å²) in [4.78, 5) is 25.3. The first-order valence-corrected chi connectivity index (χ1v) is 7.99. The van der Waals surface area contributed by atoms with Crippen molar-refractivity contribution in [1.29, 1.82) is 0 Å². The van der Waals surface area contributed by atoms with E-state index in [0.717, 1.165) is 23.2 Å². The van der Waals surface area contributed by atoms with Gasteiger partial charge in [-0.3, -0.25) is 15.0 Å². The van der Waals surface area contributed by atoms with Crippen molar-refractivity contribution >= 4 is 39.9 Å². The zero-order chi connectivity index (χ0) is 16.4. The summed E-state index contributed by atoms with van der Waals surface area (Å²) in [5.74, 6) is -0.780. The lowest BCUT2D eigenvalue weighted by atomic mass is 9.95. The molecule has 1 aliphatic heterocycles. The van der Waals surface area contributed by atoms with Crippen molar-refractivity contribution in [2.45, 2.75) is 19.8 Å². The summed E-state index contributed by atoms with van der Waals surface area (Å²) >= 11 is 5.17. The molecule has 2 aromatic carbocycles. The molecule has 23 heavy (non-hydrogen) atoms. The van der Waals surface area contributed by atoms with Crippen LogP contribution in [0.15, 0.2) is 36.4 Å². The van der Waals surface area contributed by atoms with Gasteiger partial charge in [-0.1, -0.05) is 37.6 Å². The molecule has 0 aliphatic carbocycles. The fourth-order valence-corrected chi connectivity index (χ4v) is 2.85. The Labute approximate surface area is 139 Å². The zero-order valence-electron chi connectivity index (χ0n) is 12.8. The number of amides is 2. The van der Waals surface area contributed by atoms with Crippen LogP contribution >= 0.6 is 12.2 Å². The van der Waals surface area contributed by atoms with E-state index in [2.05, 4.69) is 17.7 Å². The SMILES string of the molecule is CCCCNC(=S)NN1C(=O)c2cccc3cccc(c23)C1=O. The molecule has 0 unspecified atom stereocenters. The van der Waals surface area contributed by atoms with Crippen molar-refractivity contribution in [2.24, 2.45) is 0 Å². The van der Waals surface area contributed by atoms with Crippen LogP contribution in [-0.2, 0) is 0 Å². The number of hydrogen-bond donors (Lipinski definition) is 2. The standard InChI is InChI=1S/C17H17N3O2S/c1-2-3-10-18-17(23)19-20-15(21)12-8-4-6-11-7-5-9-13(14(11)12)16(20)22/h4-9H,2-3,10H2,1H3,(H2,18,19,23). The van der Waals surface area contributed by atoms with Crippen LogP contribution in [-0.4, -0.2) is 28.5 Å². The van der Waals surface area contributed by atoms with Crippen LogP contribution in [0.4, 0.5) is 0 Å². The zero-order valence-corrected chi connectivity index (χ0v) is 13.6. The number of imide groups is 1. The maximum absolute atomic E-state index is 12.6. The number of carbonyl (C=O) groups excluding carboxylic acids is 2. The molecule has 5 nitrogen and oxygen atoms in total. The maximum atomic E-state index is 12.6. The Balaban J connectivity index is 1.90. The van der Waals surface area contributed by atoms with Crippen LogP contribution in [0.5, 0.6) is 0 Å². The Morgan fingerprint density at radius 2 is 1.70 bits per heavy atom. The molecule has 118 valence electrons. The molecule has 2 aromatic rings. The number of nitrogens with one attached hydrogen (secondary N) is 2. The Bertz CT molecular complexity index is 753. The van der Waals surface area contributed by atoms with Crippen molar-refractivity contribution < 1.29 is 9.59 Å². The van der Waals surface area contributed by atoms with Crippen LogP contribution in [0.25, 0.3) is 10.8 Å². The number of carbonyl (C=O) groups is 2. The number of benzene rings is 2. The lowest BCUT2D eigenvalue weighted by Crippen LogP contribution is -2.54. The first kappa shape index (κ1) is 15.4. The number of nitrogens with zero attached hydrogens (tertiary/aromatic N) is 1. The van der Waals surface area contributed by atoms with Crippen LogP contribution in [0, 0.1) is 0 Å². The molecule has 6 heteroatoms. The Morgan fingerprint density at radius 1 is 1.09 bits per heavy atom. The second-order valence-electron chi connectivity index (χ2n) is 5.38. The number of thiocarbonyl (C=S) groups is 1. The molecule has 0 saturated carbocycles. The van der Waals surface area contributed by atoms with Gasteiger partial charge in [-0.2, -0.15) is 5.01 Å². The Kier molecular flexibility index (Phi) is 4.25. The highest BCUT2D eigenvalue weighted by atomic mass is 32.1. The van der Waals surface area contributed by atoms with Gasteiger partial charge in [0, 0.05) is 11.9 Å². The summed E-state index contributed by atoms with van der Waals surface area (Å²) in [6.45, 7) is 2.78. The highest BCUT2D eigenvalue weighted by molar-refractivity contribution is 7.80. The first-order valence-electron chi connectivity index (χ1n) is 7.58. The topological polar surface area (TPSA) is 61.4 Å². The number of rotatable bonds is 4. The minimum atomic E-state index is -0.390. The number of unbranched alkanes of at least 4 members (excludes halogenated alkanes) is 1. The summed E-state index contributed by atoms with van der Waals surface area (Å²) < 4.78 is 0. The predicted molar refractivity (Wildman–Crippen MR) is 93.1 cm³/mol. The normalized spacial score (nSPS) is 13.3. The van der Waals surface area contributed by atoms with Gasteiger partial charge in [0.25, 0.3) is 11.8 Å². The first-order chi connectivity index (χ1) is 11.1. The highest BCUT2D eigenvalue weighted by Gasteiger charge is 2.33. The van der Waals surface area contributed by atoms with Gasteiger partial charge in [-0.05, 0) is 36.2 Å². The summed E-state index contributed by atoms with van der Waals surface area (Å²) in [6.07, 6.45) is 2.00. The van der Waals surface area contributed by atoms with Crippen molar-refractivity contribution in [3.8, 4) is 0 Å². The number of hydrazine groups is 1. The van der Waals surface area contributed by atoms with E-state index in [4.69, 9.17) is 12.2 Å². The summed E-state index contributed by atoms with van der Waals surface area (Å²) in [7, 11) is 0. The van der Waals surface area contributed by atoms with Crippen molar-refractivity contribution in [1.82, 2.24) is 15.8 Å². The fraction of sp³-hybridized carbons (Fsp3) is 0.235. The quantitative estimate of drug-likeness (QED) is 0.513. The van der Waals surface area contributed by atoms with Crippen LogP contribution in [0.2, 0.25) is 0 Å². The van der Waals surface area contributed by atoms with Gasteiger partial charge in [0.1, 0.15) is 0 Å². The molecule has 0 radical (unpaired) electrons. The second-order valence-corrected chi connectivity index (χ2v) is 5.78. The molecule has 0 saturated heterocycles. The maximum Gasteiger partial charge on any atom is 0.280 e. The molecule has 0 aromatic heterocycles. The molecule has 0 atom stereocenters. The van der Waals surface area contributed by atoms with Gasteiger partial charge in [0.2, 0.25) is 0 Å². The van der Waals surface area contributed by atoms with Gasteiger partial charge in [0.05, 0.1) is 11.1 Å². The number of hydrogen-bond acceptors (Lipinski definition) is 3. The average molecular weight is 327 g/mol. The summed E-state index contributed by atoms with van der Waals surface area (Å²) in [5, 5.41) is 5.83. The molecular formula is C17H17N3O2S. The molecule has 1 heterocycles. The molecule has 1 aliphatic rings. The van der Waals surface area contributed by atoms with Gasteiger partial charge in [-0.15, -0.1) is 0 Å². The van der Waals surface area contributed by atoms with E-state index >= 15 is 0 Å². The van der Waals surface area contributed by atoms with Gasteiger partial charge in [0.15, 0.2) is 5.11 Å². The monoisotopic (exact) mass is 327 g/mol. The van der Waals surface area contributed by atoms with Crippen LogP contribution < -0.4 is 10.7 Å². The molecule has 0 fully saturated rings. The van der Waals surface area contributed by atoms with Crippen molar-refractivity contribution in [3.63, 3.8) is 0 Å². The lowest BCUT2D eigenvalue weighted by molar-refractivity contribution is 0.0566. The third-order valence-corrected chi connectivity index (χ3v) is 4.04. The largest absolute Gasteiger partial charge is 0.361 e. The van der Waals surface area contributed by atoms with Crippen LogP contribution in [0.3, 0.4) is 0 Å². The summed E-state index contributed by atoms with van der Waals surface area (Å²) in [6, 6.07) is 10.9. The molecule has 0 spiro atoms. The molecule has 3 rings (SSSR count). The Morgan fingerprint density at radius 3 is 2.26 bits per heavy atom. The fourth-order valence-electron chi connectivity index (χ4n) is 2.65. The van der Waals surface area contributed by atoms with E-state index in [0.29, 0.717) is 23.1 Å². The van der Waals surface area contributed by atoms with Gasteiger partial charge >= 0.3 is 0 Å².